The first kappa shape index (κ1) is 21.1. The number of amides is 2. The maximum atomic E-state index is 12.5. The molecule has 2 aromatic rings. The van der Waals surface area contributed by atoms with Crippen molar-refractivity contribution in [3.63, 3.8) is 0 Å². The zero-order chi connectivity index (χ0) is 21.8. The second kappa shape index (κ2) is 9.31. The lowest BCUT2D eigenvalue weighted by Crippen LogP contribution is -2.46. The molecule has 0 radical (unpaired) electrons. The predicted octanol–water partition coefficient (Wildman–Crippen LogP) is 3.08. The van der Waals surface area contributed by atoms with Gasteiger partial charge in [0.2, 0.25) is 5.91 Å². The van der Waals surface area contributed by atoms with E-state index in [1.807, 2.05) is 36.4 Å². The Labute approximate surface area is 181 Å². The highest BCUT2D eigenvalue weighted by atomic mass is 16.5. The van der Waals surface area contributed by atoms with Gasteiger partial charge in [-0.25, -0.2) is 4.79 Å². The molecule has 1 atom stereocenters. The van der Waals surface area contributed by atoms with Gasteiger partial charge >= 0.3 is 6.09 Å². The van der Waals surface area contributed by atoms with Crippen molar-refractivity contribution in [3.05, 3.63) is 59.7 Å². The number of hydrogen-bond donors (Lipinski definition) is 1. The molecule has 0 saturated carbocycles. The smallest absolute Gasteiger partial charge is 0.407 e. The summed E-state index contributed by atoms with van der Waals surface area (Å²) in [6, 6.07) is 15.2. The topological polar surface area (TPSA) is 84.9 Å². The molecule has 31 heavy (non-hydrogen) atoms. The normalized spacial score (nSPS) is 16.2. The molecule has 2 aromatic carbocycles. The third-order valence-corrected chi connectivity index (χ3v) is 5.82. The summed E-state index contributed by atoms with van der Waals surface area (Å²) >= 11 is 0. The molecule has 1 heterocycles. The molecule has 2 aliphatic rings. The molecular weight excluding hydrogens is 396 g/mol. The average molecular weight is 422 g/mol. The van der Waals surface area contributed by atoms with Crippen molar-refractivity contribution in [2.45, 2.75) is 31.7 Å². The minimum atomic E-state index is -0.926. The predicted molar refractivity (Wildman–Crippen MR) is 114 cm³/mol. The van der Waals surface area contributed by atoms with Gasteiger partial charge in [-0.05, 0) is 35.6 Å². The molecule has 1 saturated heterocycles. The first-order valence-corrected chi connectivity index (χ1v) is 10.5. The second-order valence-electron chi connectivity index (χ2n) is 7.89. The number of Topliss-reactive ketones (excluding diaryl/α,β-unsaturated/α-hetero) is 1. The largest absolute Gasteiger partial charge is 0.449 e. The number of carbonyl (C=O) groups is 3. The molecule has 4 rings (SSSR count). The Morgan fingerprint density at radius 3 is 2.32 bits per heavy atom. The highest BCUT2D eigenvalue weighted by molar-refractivity contribution is 5.90. The highest BCUT2D eigenvalue weighted by Gasteiger charge is 2.30. The van der Waals surface area contributed by atoms with Crippen LogP contribution < -0.4 is 5.32 Å². The van der Waals surface area contributed by atoms with Crippen LogP contribution in [0.3, 0.4) is 0 Å². The van der Waals surface area contributed by atoms with E-state index in [-0.39, 0.29) is 37.4 Å². The lowest BCUT2D eigenvalue weighted by molar-refractivity contribution is -0.142. The van der Waals surface area contributed by atoms with Crippen LogP contribution in [0.1, 0.15) is 36.8 Å². The van der Waals surface area contributed by atoms with Crippen molar-refractivity contribution < 1.29 is 23.9 Å². The molecule has 0 aromatic heterocycles. The maximum Gasteiger partial charge on any atom is 0.407 e. The van der Waals surface area contributed by atoms with E-state index in [1.165, 1.54) is 6.92 Å². The van der Waals surface area contributed by atoms with E-state index in [1.54, 1.807) is 4.90 Å². The molecule has 0 spiro atoms. The van der Waals surface area contributed by atoms with E-state index in [4.69, 9.17) is 9.47 Å². The fraction of sp³-hybridized carbons (Fsp3) is 0.375. The summed E-state index contributed by atoms with van der Waals surface area (Å²) in [5.74, 6) is -0.584. The van der Waals surface area contributed by atoms with Gasteiger partial charge in [0.15, 0.2) is 5.78 Å². The molecule has 7 nitrogen and oxygen atoms in total. The van der Waals surface area contributed by atoms with Gasteiger partial charge in [-0.1, -0.05) is 48.5 Å². The van der Waals surface area contributed by atoms with Gasteiger partial charge in [-0.3, -0.25) is 9.59 Å². The molecule has 7 heteroatoms. The van der Waals surface area contributed by atoms with Gasteiger partial charge in [0.05, 0.1) is 19.1 Å². The third-order valence-electron chi connectivity index (χ3n) is 5.82. The lowest BCUT2D eigenvalue weighted by atomic mass is 9.98. The molecule has 2 amide bonds. The zero-order valence-electron chi connectivity index (χ0n) is 17.5. The van der Waals surface area contributed by atoms with E-state index >= 15 is 0 Å². The number of alkyl carbamates (subject to hydrolysis) is 1. The van der Waals surface area contributed by atoms with E-state index < -0.39 is 12.1 Å². The van der Waals surface area contributed by atoms with Crippen LogP contribution in [0.25, 0.3) is 11.1 Å². The van der Waals surface area contributed by atoms with Crippen LogP contribution in [-0.2, 0) is 19.1 Å². The summed E-state index contributed by atoms with van der Waals surface area (Å²) in [5.41, 5.74) is 4.51. The number of benzene rings is 2. The number of ether oxygens (including phenoxy) is 2. The fourth-order valence-electron chi connectivity index (χ4n) is 4.18. The van der Waals surface area contributed by atoms with Crippen molar-refractivity contribution in [1.29, 1.82) is 0 Å². The van der Waals surface area contributed by atoms with E-state index in [0.29, 0.717) is 13.2 Å². The lowest BCUT2D eigenvalue weighted by Gasteiger charge is -2.28. The zero-order valence-corrected chi connectivity index (χ0v) is 17.5. The van der Waals surface area contributed by atoms with Crippen LogP contribution in [-0.4, -0.2) is 55.2 Å². The Morgan fingerprint density at radius 1 is 1.10 bits per heavy atom. The van der Waals surface area contributed by atoms with Gasteiger partial charge in [-0.15, -0.1) is 0 Å². The van der Waals surface area contributed by atoms with Crippen molar-refractivity contribution in [2.75, 3.05) is 26.5 Å². The van der Waals surface area contributed by atoms with Gasteiger partial charge in [-0.2, -0.15) is 0 Å². The SMILES string of the molecule is CC(=O)C(CC(=O)N1CCCOC1)NC(=O)OCC1c2ccccc2-c2ccccc21. The van der Waals surface area contributed by atoms with Crippen LogP contribution in [0.2, 0.25) is 0 Å². The number of hydrogen-bond acceptors (Lipinski definition) is 5. The van der Waals surface area contributed by atoms with Crippen molar-refractivity contribution in [2.24, 2.45) is 0 Å². The molecule has 162 valence electrons. The highest BCUT2D eigenvalue weighted by Crippen LogP contribution is 2.44. The first-order chi connectivity index (χ1) is 15.0. The van der Waals surface area contributed by atoms with Crippen LogP contribution >= 0.6 is 0 Å². The summed E-state index contributed by atoms with van der Waals surface area (Å²) in [4.78, 5) is 38.5. The molecular formula is C24H26N2O5. The number of ketones is 1. The Bertz CT molecular complexity index is 938. The van der Waals surface area contributed by atoms with Gasteiger partial charge < -0.3 is 19.7 Å². The van der Waals surface area contributed by atoms with Crippen LogP contribution in [0.15, 0.2) is 48.5 Å². The first-order valence-electron chi connectivity index (χ1n) is 10.5. The molecule has 1 aliphatic carbocycles. The third kappa shape index (κ3) is 4.61. The van der Waals surface area contributed by atoms with Crippen LogP contribution in [0.5, 0.6) is 0 Å². The number of rotatable bonds is 6. The fourth-order valence-corrected chi connectivity index (χ4v) is 4.18. The molecule has 0 bridgehead atoms. The molecule has 1 N–H and O–H groups in total. The Balaban J connectivity index is 1.38. The summed E-state index contributed by atoms with van der Waals surface area (Å²) in [7, 11) is 0. The van der Waals surface area contributed by atoms with E-state index in [2.05, 4.69) is 17.4 Å². The van der Waals surface area contributed by atoms with Crippen molar-refractivity contribution in [3.8, 4) is 11.1 Å². The summed E-state index contributed by atoms with van der Waals surface area (Å²) in [5, 5.41) is 2.56. The summed E-state index contributed by atoms with van der Waals surface area (Å²) in [6.45, 7) is 2.94. The van der Waals surface area contributed by atoms with Gasteiger partial charge in [0.25, 0.3) is 0 Å². The standard InChI is InChI=1S/C24H26N2O5/c1-16(27)22(13-23(28)26-11-6-12-30-15-26)25-24(29)31-14-21-19-9-4-2-7-17(19)18-8-3-5-10-20(18)21/h2-5,7-10,21-22H,6,11-15H2,1H3,(H,25,29). The number of nitrogens with zero attached hydrogens (tertiary/aromatic N) is 1. The Kier molecular flexibility index (Phi) is 6.32. The van der Waals surface area contributed by atoms with Gasteiger partial charge in [0.1, 0.15) is 13.3 Å². The maximum absolute atomic E-state index is 12.5. The number of carbonyl (C=O) groups excluding carboxylic acids is 3. The quantitative estimate of drug-likeness (QED) is 0.773. The van der Waals surface area contributed by atoms with Crippen molar-refractivity contribution >= 4 is 17.8 Å². The van der Waals surface area contributed by atoms with E-state index in [9.17, 15) is 14.4 Å². The molecule has 1 unspecified atom stereocenters. The Morgan fingerprint density at radius 2 is 1.74 bits per heavy atom. The minimum Gasteiger partial charge on any atom is -0.449 e. The summed E-state index contributed by atoms with van der Waals surface area (Å²) < 4.78 is 10.8. The number of nitrogens with one attached hydrogen (secondary N) is 1. The van der Waals surface area contributed by atoms with Gasteiger partial charge in [0, 0.05) is 12.5 Å². The molecule has 1 aliphatic heterocycles. The van der Waals surface area contributed by atoms with Crippen LogP contribution in [0.4, 0.5) is 4.79 Å². The van der Waals surface area contributed by atoms with Crippen LogP contribution in [0, 0.1) is 0 Å². The second-order valence-corrected chi connectivity index (χ2v) is 7.89. The minimum absolute atomic E-state index is 0.0685. The van der Waals surface area contributed by atoms with E-state index in [0.717, 1.165) is 28.7 Å². The monoisotopic (exact) mass is 422 g/mol. The van der Waals surface area contributed by atoms with Crippen molar-refractivity contribution in [1.82, 2.24) is 10.2 Å². The number of fused-ring (bicyclic) bond motifs is 3. The molecule has 1 fully saturated rings. The Hall–Kier alpha value is -3.19. The average Bonchev–Trinajstić information content (AvgIpc) is 3.11. The summed E-state index contributed by atoms with van der Waals surface area (Å²) in [6.07, 6.45) is -0.0520.